The van der Waals surface area contributed by atoms with Crippen molar-refractivity contribution in [1.29, 1.82) is 0 Å². The van der Waals surface area contributed by atoms with Gasteiger partial charge in [-0.25, -0.2) is 0 Å². The first kappa shape index (κ1) is 17.2. The highest BCUT2D eigenvalue weighted by Gasteiger charge is 2.16. The van der Waals surface area contributed by atoms with Gasteiger partial charge in [0, 0.05) is 18.7 Å². The highest BCUT2D eigenvalue weighted by molar-refractivity contribution is 5.94. The van der Waals surface area contributed by atoms with E-state index in [1.54, 1.807) is 0 Å². The molecule has 1 N–H and O–H groups in total. The van der Waals surface area contributed by atoms with Gasteiger partial charge in [0.25, 0.3) is 0 Å². The lowest BCUT2D eigenvalue weighted by Gasteiger charge is -2.30. The van der Waals surface area contributed by atoms with Crippen LogP contribution >= 0.6 is 0 Å². The summed E-state index contributed by atoms with van der Waals surface area (Å²) in [6, 6.07) is 17.5. The molecule has 4 rings (SSSR count). The zero-order chi connectivity index (χ0) is 18.5. The van der Waals surface area contributed by atoms with Crippen LogP contribution in [0.4, 0.5) is 11.4 Å². The Balaban J connectivity index is 1.44. The number of carbonyl (C=O) groups is 1. The molecule has 1 aromatic heterocycles. The molecule has 7 heteroatoms. The number of nitrogens with one attached hydrogen (secondary N) is 1. The van der Waals surface area contributed by atoms with Crippen LogP contribution in [0.15, 0.2) is 54.6 Å². The molecular formula is C20H22N6O. The summed E-state index contributed by atoms with van der Waals surface area (Å²) in [5.74, 6) is 0.341. The Morgan fingerprint density at radius 1 is 0.963 bits per heavy atom. The van der Waals surface area contributed by atoms with E-state index in [1.165, 1.54) is 24.1 Å². The van der Waals surface area contributed by atoms with E-state index in [0.29, 0.717) is 5.82 Å². The molecule has 0 radical (unpaired) electrons. The summed E-state index contributed by atoms with van der Waals surface area (Å²) in [5, 5.41) is 15.3. The Kier molecular flexibility index (Phi) is 5.09. The normalized spacial score (nSPS) is 14.1. The molecule has 0 unspecified atom stereocenters. The van der Waals surface area contributed by atoms with Crippen LogP contribution in [0.2, 0.25) is 0 Å². The van der Waals surface area contributed by atoms with Gasteiger partial charge in [-0.2, -0.15) is 4.80 Å². The first-order valence-corrected chi connectivity index (χ1v) is 9.27. The lowest BCUT2D eigenvalue weighted by atomic mass is 10.1. The number of tetrazole rings is 1. The molecule has 1 aliphatic heterocycles. The molecule has 3 aromatic rings. The zero-order valence-corrected chi connectivity index (χ0v) is 15.1. The quantitative estimate of drug-likeness (QED) is 0.755. The fraction of sp³-hybridized carbons (Fsp3) is 0.300. The van der Waals surface area contributed by atoms with Gasteiger partial charge < -0.3 is 10.2 Å². The van der Waals surface area contributed by atoms with E-state index in [9.17, 15) is 4.79 Å². The highest BCUT2D eigenvalue weighted by atomic mass is 16.2. The summed E-state index contributed by atoms with van der Waals surface area (Å²) in [5.41, 5.74) is 2.77. The van der Waals surface area contributed by atoms with Crippen molar-refractivity contribution in [1.82, 2.24) is 20.2 Å². The molecule has 1 saturated heterocycles. The zero-order valence-electron chi connectivity index (χ0n) is 15.1. The summed E-state index contributed by atoms with van der Waals surface area (Å²) in [4.78, 5) is 16.2. The van der Waals surface area contributed by atoms with E-state index in [0.717, 1.165) is 30.0 Å². The van der Waals surface area contributed by atoms with Crippen LogP contribution in [0, 0.1) is 0 Å². The second-order valence-electron chi connectivity index (χ2n) is 6.62. The minimum Gasteiger partial charge on any atom is -0.370 e. The Bertz CT molecular complexity index is 902. The number of hydrogen-bond donors (Lipinski definition) is 1. The minimum atomic E-state index is -0.170. The van der Waals surface area contributed by atoms with Crippen molar-refractivity contribution in [2.24, 2.45) is 0 Å². The third-order valence-corrected chi connectivity index (χ3v) is 4.64. The second-order valence-corrected chi connectivity index (χ2v) is 6.62. The maximum atomic E-state index is 12.5. The van der Waals surface area contributed by atoms with Crippen molar-refractivity contribution < 1.29 is 4.79 Å². The summed E-state index contributed by atoms with van der Waals surface area (Å²) in [6.45, 7) is 2.07. The smallest absolute Gasteiger partial charge is 0.248 e. The molecular weight excluding hydrogens is 340 g/mol. The number of piperidine rings is 1. The van der Waals surface area contributed by atoms with Gasteiger partial charge in [-0.05, 0) is 36.6 Å². The van der Waals surface area contributed by atoms with Crippen LogP contribution in [-0.4, -0.2) is 39.2 Å². The van der Waals surface area contributed by atoms with Crippen LogP contribution in [0.1, 0.15) is 19.3 Å². The third kappa shape index (κ3) is 4.13. The molecule has 0 aliphatic carbocycles. The third-order valence-electron chi connectivity index (χ3n) is 4.64. The van der Waals surface area contributed by atoms with Crippen molar-refractivity contribution in [3.8, 4) is 11.4 Å². The summed E-state index contributed by atoms with van der Waals surface area (Å²) >= 11 is 0. The Morgan fingerprint density at radius 3 is 2.52 bits per heavy atom. The average Bonchev–Trinajstić information content (AvgIpc) is 3.18. The molecule has 1 aliphatic rings. The Morgan fingerprint density at radius 2 is 1.70 bits per heavy atom. The topological polar surface area (TPSA) is 75.9 Å². The molecule has 1 fully saturated rings. The fourth-order valence-electron chi connectivity index (χ4n) is 3.32. The summed E-state index contributed by atoms with van der Waals surface area (Å²) in [6.07, 6.45) is 3.65. The summed E-state index contributed by atoms with van der Waals surface area (Å²) < 4.78 is 0. The van der Waals surface area contributed by atoms with E-state index in [4.69, 9.17) is 0 Å². The molecule has 7 nitrogen and oxygen atoms in total. The number of carbonyl (C=O) groups excluding carboxylic acids is 1. The van der Waals surface area contributed by atoms with Gasteiger partial charge in [-0.1, -0.05) is 42.5 Å². The molecule has 2 aromatic carbocycles. The number of aromatic nitrogens is 4. The number of rotatable bonds is 5. The largest absolute Gasteiger partial charge is 0.370 e. The predicted octanol–water partition coefficient (Wildman–Crippen LogP) is 2.97. The van der Waals surface area contributed by atoms with Gasteiger partial charge in [0.2, 0.25) is 11.7 Å². The number of amides is 1. The number of anilines is 2. The second kappa shape index (κ2) is 7.99. The maximum Gasteiger partial charge on any atom is 0.248 e. The lowest BCUT2D eigenvalue weighted by molar-refractivity contribution is -0.117. The SMILES string of the molecule is O=C(Cn1nnc(-c2ccccc2)n1)Nc1ccccc1N1CCCCC1. The molecule has 1 amide bonds. The predicted molar refractivity (Wildman–Crippen MR) is 104 cm³/mol. The van der Waals surface area contributed by atoms with Gasteiger partial charge in [-0.15, -0.1) is 10.2 Å². The number of nitrogens with zero attached hydrogens (tertiary/aromatic N) is 5. The van der Waals surface area contributed by atoms with Crippen LogP contribution in [0.5, 0.6) is 0 Å². The van der Waals surface area contributed by atoms with Gasteiger partial charge >= 0.3 is 0 Å². The Labute approximate surface area is 158 Å². The van der Waals surface area contributed by atoms with Crippen LogP contribution in [0.25, 0.3) is 11.4 Å². The molecule has 27 heavy (non-hydrogen) atoms. The van der Waals surface area contributed by atoms with Gasteiger partial charge in [0.1, 0.15) is 6.54 Å². The highest BCUT2D eigenvalue weighted by Crippen LogP contribution is 2.28. The lowest BCUT2D eigenvalue weighted by Crippen LogP contribution is -2.30. The van der Waals surface area contributed by atoms with Crippen LogP contribution in [-0.2, 0) is 11.3 Å². The molecule has 2 heterocycles. The molecule has 0 bridgehead atoms. The minimum absolute atomic E-state index is 0.0220. The van der Waals surface area contributed by atoms with Crippen molar-refractivity contribution in [2.75, 3.05) is 23.3 Å². The van der Waals surface area contributed by atoms with E-state index < -0.39 is 0 Å². The van der Waals surface area contributed by atoms with Gasteiger partial charge in [-0.3, -0.25) is 4.79 Å². The van der Waals surface area contributed by atoms with Crippen molar-refractivity contribution in [3.63, 3.8) is 0 Å². The van der Waals surface area contributed by atoms with E-state index in [-0.39, 0.29) is 12.5 Å². The van der Waals surface area contributed by atoms with E-state index in [2.05, 4.69) is 31.7 Å². The first-order chi connectivity index (χ1) is 13.3. The monoisotopic (exact) mass is 362 g/mol. The molecule has 0 atom stereocenters. The molecule has 0 saturated carbocycles. The summed E-state index contributed by atoms with van der Waals surface area (Å²) in [7, 11) is 0. The fourth-order valence-corrected chi connectivity index (χ4v) is 3.32. The van der Waals surface area contributed by atoms with E-state index in [1.807, 2.05) is 48.5 Å². The molecule has 138 valence electrons. The van der Waals surface area contributed by atoms with Gasteiger partial charge in [0.15, 0.2) is 0 Å². The average molecular weight is 362 g/mol. The van der Waals surface area contributed by atoms with Crippen LogP contribution < -0.4 is 10.2 Å². The van der Waals surface area contributed by atoms with Crippen LogP contribution in [0.3, 0.4) is 0 Å². The molecule has 0 spiro atoms. The van der Waals surface area contributed by atoms with Crippen molar-refractivity contribution >= 4 is 17.3 Å². The van der Waals surface area contributed by atoms with E-state index >= 15 is 0 Å². The van der Waals surface area contributed by atoms with Gasteiger partial charge in [0.05, 0.1) is 11.4 Å². The maximum absolute atomic E-state index is 12.5. The number of benzene rings is 2. The Hall–Kier alpha value is -3.22. The van der Waals surface area contributed by atoms with Crippen molar-refractivity contribution in [2.45, 2.75) is 25.8 Å². The first-order valence-electron chi connectivity index (χ1n) is 9.27. The standard InChI is InChI=1S/C20H22N6O/c27-19(15-26-23-20(22-24-26)16-9-3-1-4-10-16)21-17-11-5-6-12-18(17)25-13-7-2-8-14-25/h1,3-6,9-12H,2,7-8,13-15H2,(H,21,27). The number of hydrogen-bond acceptors (Lipinski definition) is 5. The number of para-hydroxylation sites is 2. The van der Waals surface area contributed by atoms with Crippen molar-refractivity contribution in [3.05, 3.63) is 54.6 Å².